The molecule has 0 atom stereocenters. The first-order chi connectivity index (χ1) is 21.3. The van der Waals surface area contributed by atoms with Crippen molar-refractivity contribution in [1.29, 1.82) is 0 Å². The SMILES string of the molecule is Cc1cc(C(=O)N2CCN(c3ccccc3)CC2)ccc1N.Nc1ccc(C(=O)N2CCN(c3ccccc3)CC2)cc1F. The molecule has 4 aromatic rings. The van der Waals surface area contributed by atoms with E-state index in [0.29, 0.717) is 18.7 Å². The first-order valence-electron chi connectivity index (χ1n) is 14.9. The van der Waals surface area contributed by atoms with Gasteiger partial charge in [-0.15, -0.1) is 0 Å². The summed E-state index contributed by atoms with van der Waals surface area (Å²) in [5, 5.41) is 0. The van der Waals surface area contributed by atoms with Crippen molar-refractivity contribution < 1.29 is 14.0 Å². The number of anilines is 4. The third-order valence-corrected chi connectivity index (χ3v) is 8.14. The maximum Gasteiger partial charge on any atom is 0.254 e. The van der Waals surface area contributed by atoms with Gasteiger partial charge in [0.2, 0.25) is 0 Å². The van der Waals surface area contributed by atoms with E-state index in [1.165, 1.54) is 17.8 Å². The lowest BCUT2D eigenvalue weighted by Crippen LogP contribution is -2.48. The molecule has 2 aliphatic rings. The second kappa shape index (κ2) is 13.9. The van der Waals surface area contributed by atoms with E-state index in [1.807, 2.05) is 66.4 Å². The molecular weight excluding hydrogens is 555 g/mol. The molecule has 9 heteroatoms. The molecule has 0 unspecified atom stereocenters. The Labute approximate surface area is 258 Å². The highest BCUT2D eigenvalue weighted by Crippen LogP contribution is 2.20. The number of rotatable bonds is 4. The molecule has 0 spiro atoms. The van der Waals surface area contributed by atoms with Crippen molar-refractivity contribution >= 4 is 34.6 Å². The van der Waals surface area contributed by atoms with E-state index >= 15 is 0 Å². The lowest BCUT2D eigenvalue weighted by atomic mass is 10.1. The lowest BCUT2D eigenvalue weighted by molar-refractivity contribution is 0.0739. The summed E-state index contributed by atoms with van der Waals surface area (Å²) in [6.07, 6.45) is 0. The predicted molar refractivity (Wildman–Crippen MR) is 176 cm³/mol. The summed E-state index contributed by atoms with van der Waals surface area (Å²) in [6, 6.07) is 30.2. The van der Waals surface area contributed by atoms with E-state index < -0.39 is 5.82 Å². The van der Waals surface area contributed by atoms with Crippen LogP contribution in [0.5, 0.6) is 0 Å². The Balaban J connectivity index is 0.000000175. The molecule has 0 saturated carbocycles. The Morgan fingerprint density at radius 2 is 0.977 bits per heavy atom. The molecule has 0 bridgehead atoms. The number of para-hydroxylation sites is 2. The largest absolute Gasteiger partial charge is 0.399 e. The van der Waals surface area contributed by atoms with Gasteiger partial charge in [-0.2, -0.15) is 0 Å². The van der Waals surface area contributed by atoms with E-state index in [0.717, 1.165) is 61.8 Å². The van der Waals surface area contributed by atoms with Gasteiger partial charge in [-0.1, -0.05) is 36.4 Å². The van der Waals surface area contributed by atoms with Crippen LogP contribution < -0.4 is 21.3 Å². The number of nitrogen functional groups attached to an aromatic ring is 2. The number of aryl methyl sites for hydroxylation is 1. The third kappa shape index (κ3) is 7.29. The van der Waals surface area contributed by atoms with Crippen LogP contribution in [0.1, 0.15) is 26.3 Å². The number of carbonyl (C=O) groups excluding carboxylic acids is 2. The second-order valence-electron chi connectivity index (χ2n) is 11.0. The molecule has 2 saturated heterocycles. The zero-order valence-electron chi connectivity index (χ0n) is 25.0. The van der Waals surface area contributed by atoms with Crippen molar-refractivity contribution in [2.75, 3.05) is 73.6 Å². The summed E-state index contributed by atoms with van der Waals surface area (Å²) in [7, 11) is 0. The number of hydrogen-bond acceptors (Lipinski definition) is 6. The van der Waals surface area contributed by atoms with Gasteiger partial charge in [0.25, 0.3) is 11.8 Å². The summed E-state index contributed by atoms with van der Waals surface area (Å²) in [5.41, 5.74) is 16.5. The minimum Gasteiger partial charge on any atom is -0.399 e. The normalized spacial score (nSPS) is 15.0. The van der Waals surface area contributed by atoms with Gasteiger partial charge in [0.1, 0.15) is 5.82 Å². The minimum absolute atomic E-state index is 0.0606. The fourth-order valence-electron chi connectivity index (χ4n) is 5.45. The Bertz CT molecular complexity index is 1450. The first-order valence-corrected chi connectivity index (χ1v) is 14.9. The second-order valence-corrected chi connectivity index (χ2v) is 11.0. The van der Waals surface area contributed by atoms with Crippen LogP contribution in [-0.4, -0.2) is 74.0 Å². The fourth-order valence-corrected chi connectivity index (χ4v) is 5.45. The number of carbonyl (C=O) groups is 2. The van der Waals surface area contributed by atoms with Crippen molar-refractivity contribution in [3.63, 3.8) is 0 Å². The van der Waals surface area contributed by atoms with Crippen LogP contribution in [-0.2, 0) is 0 Å². The highest BCUT2D eigenvalue weighted by molar-refractivity contribution is 5.95. The third-order valence-electron chi connectivity index (χ3n) is 8.14. The van der Waals surface area contributed by atoms with Crippen molar-refractivity contribution in [1.82, 2.24) is 9.80 Å². The fraction of sp³-hybridized carbons (Fsp3) is 0.257. The van der Waals surface area contributed by atoms with Crippen LogP contribution in [0.2, 0.25) is 0 Å². The van der Waals surface area contributed by atoms with Crippen molar-refractivity contribution in [3.8, 4) is 0 Å². The molecule has 2 fully saturated rings. The summed E-state index contributed by atoms with van der Waals surface area (Å²) in [5.74, 6) is -0.601. The molecule has 44 heavy (non-hydrogen) atoms. The van der Waals surface area contributed by atoms with E-state index in [1.54, 1.807) is 11.0 Å². The average molecular weight is 595 g/mol. The predicted octanol–water partition coefficient (Wildman–Crippen LogP) is 4.91. The molecule has 4 aromatic carbocycles. The molecule has 8 nitrogen and oxygen atoms in total. The molecule has 0 aliphatic carbocycles. The summed E-state index contributed by atoms with van der Waals surface area (Å²) < 4.78 is 13.5. The topological polar surface area (TPSA) is 99.1 Å². The maximum atomic E-state index is 13.5. The molecule has 0 aromatic heterocycles. The highest BCUT2D eigenvalue weighted by Gasteiger charge is 2.24. The van der Waals surface area contributed by atoms with Crippen molar-refractivity contribution in [3.05, 3.63) is 120 Å². The number of halogens is 1. The average Bonchev–Trinajstić information content (AvgIpc) is 3.08. The number of hydrogen-bond donors (Lipinski definition) is 2. The van der Waals surface area contributed by atoms with Gasteiger partial charge in [-0.3, -0.25) is 9.59 Å². The number of amides is 2. The van der Waals surface area contributed by atoms with Gasteiger partial charge >= 0.3 is 0 Å². The van der Waals surface area contributed by atoms with Crippen LogP contribution in [0.3, 0.4) is 0 Å². The van der Waals surface area contributed by atoms with E-state index in [2.05, 4.69) is 34.1 Å². The summed E-state index contributed by atoms with van der Waals surface area (Å²) in [4.78, 5) is 33.2. The quantitative estimate of drug-likeness (QED) is 0.326. The standard InChI is InChI=1S/C18H21N3O.C17H18FN3O/c1-14-13-15(7-8-17(14)19)18(22)21-11-9-20(10-12-21)16-5-3-2-4-6-16;18-15-12-13(6-7-16(15)19)17(22)21-10-8-20(9-11-21)14-4-2-1-3-5-14/h2-8,13H,9-12,19H2,1H3;1-7,12H,8-11,19H2. The van der Waals surface area contributed by atoms with Gasteiger partial charge in [-0.25, -0.2) is 4.39 Å². The van der Waals surface area contributed by atoms with Crippen molar-refractivity contribution in [2.24, 2.45) is 0 Å². The summed E-state index contributed by atoms with van der Waals surface area (Å²) >= 11 is 0. The zero-order valence-corrected chi connectivity index (χ0v) is 25.0. The number of benzene rings is 4. The Morgan fingerprint density at radius 1 is 0.568 bits per heavy atom. The lowest BCUT2D eigenvalue weighted by Gasteiger charge is -2.36. The van der Waals surface area contributed by atoms with Crippen LogP contribution in [0.4, 0.5) is 27.1 Å². The van der Waals surface area contributed by atoms with Crippen LogP contribution in [0.25, 0.3) is 0 Å². The Morgan fingerprint density at radius 3 is 1.39 bits per heavy atom. The molecule has 6 rings (SSSR count). The van der Waals surface area contributed by atoms with Gasteiger partial charge in [-0.05, 0) is 73.2 Å². The molecule has 0 radical (unpaired) electrons. The zero-order chi connectivity index (χ0) is 31.1. The van der Waals surface area contributed by atoms with Gasteiger partial charge in [0.05, 0.1) is 5.69 Å². The van der Waals surface area contributed by atoms with Gasteiger partial charge in [0.15, 0.2) is 0 Å². The van der Waals surface area contributed by atoms with Crippen molar-refractivity contribution in [2.45, 2.75) is 6.92 Å². The number of nitrogens with two attached hydrogens (primary N) is 2. The highest BCUT2D eigenvalue weighted by atomic mass is 19.1. The molecular formula is C35H39FN6O2. The van der Waals surface area contributed by atoms with Crippen LogP contribution >= 0.6 is 0 Å². The number of piperazine rings is 2. The molecule has 2 aliphatic heterocycles. The summed E-state index contributed by atoms with van der Waals surface area (Å²) in [6.45, 7) is 7.95. The first kappa shape index (κ1) is 30.4. The monoisotopic (exact) mass is 594 g/mol. The van der Waals surface area contributed by atoms with E-state index in [9.17, 15) is 14.0 Å². The Kier molecular flexibility index (Phi) is 9.64. The van der Waals surface area contributed by atoms with Crippen LogP contribution in [0.15, 0.2) is 97.1 Å². The van der Waals surface area contributed by atoms with Crippen LogP contribution in [0, 0.1) is 12.7 Å². The smallest absolute Gasteiger partial charge is 0.254 e. The molecule has 228 valence electrons. The Hall–Kier alpha value is -5.05. The number of nitrogens with zero attached hydrogens (tertiary/aromatic N) is 4. The maximum absolute atomic E-state index is 13.5. The minimum atomic E-state index is -0.547. The van der Waals surface area contributed by atoms with E-state index in [4.69, 9.17) is 11.5 Å². The molecule has 2 heterocycles. The molecule has 2 amide bonds. The van der Waals surface area contributed by atoms with E-state index in [-0.39, 0.29) is 17.5 Å². The molecule has 4 N–H and O–H groups in total. The van der Waals surface area contributed by atoms with Gasteiger partial charge in [0, 0.05) is 80.5 Å². The van der Waals surface area contributed by atoms with Gasteiger partial charge < -0.3 is 31.1 Å².